The normalized spacial score (nSPS) is 10.4. The molecule has 28 heavy (non-hydrogen) atoms. The Balaban J connectivity index is 1.60. The largest absolute Gasteiger partial charge is 0.497 e. The minimum Gasteiger partial charge on any atom is -0.497 e. The fraction of sp³-hybridized carbons (Fsp3) is 0.250. The topological polar surface area (TPSA) is 95.7 Å². The fourth-order valence-electron chi connectivity index (χ4n) is 2.60. The molecule has 0 fully saturated rings. The summed E-state index contributed by atoms with van der Waals surface area (Å²) in [5, 5.41) is 6.81. The van der Waals surface area contributed by atoms with E-state index in [1.165, 1.54) is 0 Å². The first-order valence-corrected chi connectivity index (χ1v) is 8.62. The van der Waals surface area contributed by atoms with Gasteiger partial charge in [0.25, 0.3) is 5.91 Å². The van der Waals surface area contributed by atoms with Crippen LogP contribution in [-0.4, -0.2) is 43.9 Å². The summed E-state index contributed by atoms with van der Waals surface area (Å²) in [4.78, 5) is 16.6. The van der Waals surface area contributed by atoms with E-state index >= 15 is 0 Å². The maximum atomic E-state index is 12.2. The molecule has 0 aliphatic heterocycles. The Morgan fingerprint density at radius 2 is 1.86 bits per heavy atom. The van der Waals surface area contributed by atoms with Crippen LogP contribution in [0.15, 0.2) is 47.0 Å². The average molecular weight is 383 g/mol. The number of carbonyl (C=O) groups is 1. The zero-order valence-electron chi connectivity index (χ0n) is 15.9. The molecule has 0 aliphatic carbocycles. The van der Waals surface area contributed by atoms with Crippen molar-refractivity contribution in [1.29, 1.82) is 0 Å². The van der Waals surface area contributed by atoms with Gasteiger partial charge in [-0.3, -0.25) is 4.79 Å². The first-order chi connectivity index (χ1) is 13.6. The second-order valence-corrected chi connectivity index (χ2v) is 5.82. The molecule has 0 atom stereocenters. The minimum atomic E-state index is -0.196. The molecule has 0 spiro atoms. The van der Waals surface area contributed by atoms with E-state index in [0.29, 0.717) is 47.5 Å². The second-order valence-electron chi connectivity index (χ2n) is 5.82. The molecule has 0 saturated heterocycles. The molecule has 1 aromatic heterocycles. The molecule has 0 bridgehead atoms. The van der Waals surface area contributed by atoms with Crippen molar-refractivity contribution in [2.24, 2.45) is 0 Å². The van der Waals surface area contributed by atoms with Gasteiger partial charge in [-0.1, -0.05) is 11.2 Å². The van der Waals surface area contributed by atoms with Gasteiger partial charge in [0.05, 0.1) is 21.3 Å². The molecule has 8 heteroatoms. The molecule has 1 amide bonds. The van der Waals surface area contributed by atoms with E-state index in [9.17, 15) is 4.79 Å². The zero-order valence-corrected chi connectivity index (χ0v) is 15.9. The molecule has 1 heterocycles. The highest BCUT2D eigenvalue weighted by Gasteiger charge is 2.13. The van der Waals surface area contributed by atoms with Crippen molar-refractivity contribution >= 4 is 5.91 Å². The van der Waals surface area contributed by atoms with Gasteiger partial charge in [0, 0.05) is 24.1 Å². The lowest BCUT2D eigenvalue weighted by atomic mass is 10.2. The van der Waals surface area contributed by atoms with E-state index < -0.39 is 0 Å². The number of nitrogens with one attached hydrogen (secondary N) is 1. The number of methoxy groups -OCH3 is 3. The fourth-order valence-corrected chi connectivity index (χ4v) is 2.60. The summed E-state index contributed by atoms with van der Waals surface area (Å²) in [6.07, 6.45) is 0.413. The van der Waals surface area contributed by atoms with E-state index in [0.717, 1.165) is 5.56 Å². The quantitative estimate of drug-likeness (QED) is 0.639. The molecule has 0 aliphatic rings. The Morgan fingerprint density at radius 3 is 2.61 bits per heavy atom. The van der Waals surface area contributed by atoms with Crippen LogP contribution in [0.25, 0.3) is 11.4 Å². The first-order valence-electron chi connectivity index (χ1n) is 8.62. The Labute approximate surface area is 162 Å². The summed E-state index contributed by atoms with van der Waals surface area (Å²) < 4.78 is 20.9. The number of rotatable bonds is 8. The molecule has 3 aromatic rings. The van der Waals surface area contributed by atoms with Gasteiger partial charge in [-0.2, -0.15) is 4.98 Å². The summed E-state index contributed by atoms with van der Waals surface area (Å²) in [7, 11) is 4.70. The van der Waals surface area contributed by atoms with Gasteiger partial charge in [0.15, 0.2) is 11.5 Å². The smallest absolute Gasteiger partial charge is 0.251 e. The Bertz CT molecular complexity index is 955. The number of benzene rings is 2. The highest BCUT2D eigenvalue weighted by molar-refractivity contribution is 5.94. The predicted molar refractivity (Wildman–Crippen MR) is 102 cm³/mol. The number of amides is 1. The number of hydrogen-bond acceptors (Lipinski definition) is 7. The summed E-state index contributed by atoms with van der Waals surface area (Å²) in [5.74, 6) is 2.50. The van der Waals surface area contributed by atoms with Crippen LogP contribution >= 0.6 is 0 Å². The van der Waals surface area contributed by atoms with Crippen molar-refractivity contribution < 1.29 is 23.5 Å². The maximum Gasteiger partial charge on any atom is 0.251 e. The summed E-state index contributed by atoms with van der Waals surface area (Å²) in [6.45, 7) is 0.365. The van der Waals surface area contributed by atoms with Crippen LogP contribution in [-0.2, 0) is 6.42 Å². The molecule has 0 saturated carbocycles. The van der Waals surface area contributed by atoms with Gasteiger partial charge in [0.1, 0.15) is 5.75 Å². The van der Waals surface area contributed by atoms with Crippen LogP contribution in [0.1, 0.15) is 16.2 Å². The van der Waals surface area contributed by atoms with Crippen molar-refractivity contribution in [3.63, 3.8) is 0 Å². The molecule has 8 nitrogen and oxygen atoms in total. The average Bonchev–Trinajstić information content (AvgIpc) is 3.22. The van der Waals surface area contributed by atoms with Crippen LogP contribution in [0.3, 0.4) is 0 Å². The van der Waals surface area contributed by atoms with E-state index in [1.54, 1.807) is 57.7 Å². The molecule has 1 N–H and O–H groups in total. The van der Waals surface area contributed by atoms with Crippen LogP contribution in [0.5, 0.6) is 17.2 Å². The Hall–Kier alpha value is -3.55. The van der Waals surface area contributed by atoms with E-state index in [-0.39, 0.29) is 5.91 Å². The van der Waals surface area contributed by atoms with Gasteiger partial charge in [-0.15, -0.1) is 0 Å². The van der Waals surface area contributed by atoms with Crippen molar-refractivity contribution in [1.82, 2.24) is 15.5 Å². The highest BCUT2D eigenvalue weighted by Crippen LogP contribution is 2.31. The predicted octanol–water partition coefficient (Wildman–Crippen LogP) is 2.73. The van der Waals surface area contributed by atoms with E-state index in [4.69, 9.17) is 18.7 Å². The number of hydrogen-bond donors (Lipinski definition) is 1. The number of ether oxygens (including phenoxy) is 3. The van der Waals surface area contributed by atoms with Gasteiger partial charge in [0.2, 0.25) is 11.7 Å². The lowest BCUT2D eigenvalue weighted by Gasteiger charge is -2.07. The lowest BCUT2D eigenvalue weighted by molar-refractivity contribution is 0.0953. The molecule has 0 unspecified atom stereocenters. The van der Waals surface area contributed by atoms with Crippen LogP contribution < -0.4 is 19.5 Å². The van der Waals surface area contributed by atoms with Crippen molar-refractivity contribution in [3.8, 4) is 28.6 Å². The SMILES string of the molecule is COc1cccc(C(=O)NCCc2nc(-c3ccc(OC)c(OC)c3)no2)c1. The third-order valence-electron chi connectivity index (χ3n) is 4.07. The standard InChI is InChI=1S/C20H21N3O5/c1-25-15-6-4-5-14(11-15)20(24)21-10-9-18-22-19(23-28-18)13-7-8-16(26-2)17(12-13)27-3/h4-8,11-12H,9-10H2,1-3H3,(H,21,24). The van der Waals surface area contributed by atoms with Crippen LogP contribution in [0.4, 0.5) is 0 Å². The van der Waals surface area contributed by atoms with Crippen LogP contribution in [0.2, 0.25) is 0 Å². The second kappa shape index (κ2) is 8.90. The van der Waals surface area contributed by atoms with Gasteiger partial charge < -0.3 is 24.1 Å². The maximum absolute atomic E-state index is 12.2. The molecule has 2 aromatic carbocycles. The Kier molecular flexibility index (Phi) is 6.11. The molecule has 0 radical (unpaired) electrons. The highest BCUT2D eigenvalue weighted by atomic mass is 16.5. The molecule has 146 valence electrons. The number of carbonyl (C=O) groups excluding carboxylic acids is 1. The molecular weight excluding hydrogens is 362 g/mol. The summed E-state index contributed by atoms with van der Waals surface area (Å²) in [5.41, 5.74) is 1.27. The Morgan fingerprint density at radius 1 is 1.04 bits per heavy atom. The number of nitrogens with zero attached hydrogens (tertiary/aromatic N) is 2. The van der Waals surface area contributed by atoms with Gasteiger partial charge >= 0.3 is 0 Å². The van der Waals surface area contributed by atoms with Crippen molar-refractivity contribution in [3.05, 3.63) is 53.9 Å². The van der Waals surface area contributed by atoms with E-state index in [1.807, 2.05) is 6.07 Å². The third kappa shape index (κ3) is 4.40. The lowest BCUT2D eigenvalue weighted by Crippen LogP contribution is -2.25. The van der Waals surface area contributed by atoms with Crippen LogP contribution in [0, 0.1) is 0 Å². The first kappa shape index (κ1) is 19.2. The van der Waals surface area contributed by atoms with E-state index in [2.05, 4.69) is 15.5 Å². The number of aromatic nitrogens is 2. The monoisotopic (exact) mass is 383 g/mol. The third-order valence-corrected chi connectivity index (χ3v) is 4.07. The summed E-state index contributed by atoms with van der Waals surface area (Å²) >= 11 is 0. The van der Waals surface area contributed by atoms with Crippen molar-refractivity contribution in [2.45, 2.75) is 6.42 Å². The van der Waals surface area contributed by atoms with Gasteiger partial charge in [-0.05, 0) is 36.4 Å². The molecule has 3 rings (SSSR count). The van der Waals surface area contributed by atoms with Gasteiger partial charge in [-0.25, -0.2) is 0 Å². The molecular formula is C20H21N3O5. The van der Waals surface area contributed by atoms with Crippen molar-refractivity contribution in [2.75, 3.05) is 27.9 Å². The summed E-state index contributed by atoms with van der Waals surface area (Å²) in [6, 6.07) is 12.3. The minimum absolute atomic E-state index is 0.196. The zero-order chi connectivity index (χ0) is 19.9.